The zero-order valence-electron chi connectivity index (χ0n) is 13.5. The topological polar surface area (TPSA) is 264 Å². The Bertz CT molecular complexity index is 418. The summed E-state index contributed by atoms with van der Waals surface area (Å²) < 4.78 is 0. The third-order valence-corrected chi connectivity index (χ3v) is 3.22. The zero-order chi connectivity index (χ0) is 21.3. The van der Waals surface area contributed by atoms with Gasteiger partial charge in [0, 0.05) is 5.04 Å². The average molecular weight is 406 g/mol. The summed E-state index contributed by atoms with van der Waals surface area (Å²) in [6.45, 7) is -2.02. The molecule has 0 fully saturated rings. The van der Waals surface area contributed by atoms with E-state index >= 15 is 0 Å². The second-order valence-corrected chi connectivity index (χ2v) is 5.22. The summed E-state index contributed by atoms with van der Waals surface area (Å²) in [5.41, 5.74) is 0. The summed E-state index contributed by atoms with van der Waals surface area (Å²) in [7, 11) is 0. The monoisotopic (exact) mass is 406 g/mol. The second-order valence-electron chi connectivity index (χ2n) is 5.22. The molecule has 0 aromatic heterocycles. The van der Waals surface area contributed by atoms with Gasteiger partial charge in [-0.15, -0.1) is 0 Å². The molecule has 0 aliphatic carbocycles. The standard InChI is InChI=1S/C12H22O15/c13-1-3(15)5(17)7(19)9(21)11(23)25-27-26-12(24)10(22)8(20)6(18)4(16)2-14/h3-10,13-22H,1-2H2/t3-,4-,5-,6-,7+,8+,9-,10-/m1/s1. The van der Waals surface area contributed by atoms with Crippen LogP contribution < -0.4 is 0 Å². The summed E-state index contributed by atoms with van der Waals surface area (Å²) in [6, 6.07) is 0. The van der Waals surface area contributed by atoms with Crippen LogP contribution in [0.3, 0.4) is 0 Å². The first-order valence-electron chi connectivity index (χ1n) is 7.24. The lowest BCUT2D eigenvalue weighted by Crippen LogP contribution is -2.49. The molecule has 15 heteroatoms. The van der Waals surface area contributed by atoms with Crippen LogP contribution in [0.15, 0.2) is 0 Å². The molecule has 10 N–H and O–H groups in total. The Kier molecular flexibility index (Phi) is 11.4. The van der Waals surface area contributed by atoms with E-state index < -0.39 is 74.0 Å². The maximum Gasteiger partial charge on any atom is 0.377 e. The van der Waals surface area contributed by atoms with E-state index in [0.29, 0.717) is 0 Å². The molecular weight excluding hydrogens is 384 g/mol. The maximum absolute atomic E-state index is 11.3. The van der Waals surface area contributed by atoms with Crippen molar-refractivity contribution in [3.8, 4) is 0 Å². The highest BCUT2D eigenvalue weighted by Gasteiger charge is 2.38. The first kappa shape index (κ1) is 25.5. The van der Waals surface area contributed by atoms with E-state index in [2.05, 4.69) is 14.8 Å². The van der Waals surface area contributed by atoms with Gasteiger partial charge in [0.05, 0.1) is 13.2 Å². The van der Waals surface area contributed by atoms with Gasteiger partial charge in [0.15, 0.2) is 12.2 Å². The summed E-state index contributed by atoms with van der Waals surface area (Å²) in [6.07, 6.45) is -17.8. The van der Waals surface area contributed by atoms with Crippen LogP contribution in [0.2, 0.25) is 0 Å². The lowest BCUT2D eigenvalue weighted by Gasteiger charge is -2.24. The first-order chi connectivity index (χ1) is 12.5. The minimum absolute atomic E-state index is 1.01. The third kappa shape index (κ3) is 7.56. The Hall–Kier alpha value is -1.50. The van der Waals surface area contributed by atoms with Gasteiger partial charge in [0.25, 0.3) is 0 Å². The van der Waals surface area contributed by atoms with Gasteiger partial charge in [-0.25, -0.2) is 9.59 Å². The Labute approximate surface area is 150 Å². The van der Waals surface area contributed by atoms with Gasteiger partial charge in [0.2, 0.25) is 0 Å². The van der Waals surface area contributed by atoms with Crippen LogP contribution in [0.4, 0.5) is 0 Å². The Balaban J connectivity index is 4.48. The van der Waals surface area contributed by atoms with E-state index in [9.17, 15) is 40.2 Å². The van der Waals surface area contributed by atoms with Crippen molar-refractivity contribution in [3.63, 3.8) is 0 Å². The molecule has 0 amide bonds. The van der Waals surface area contributed by atoms with Gasteiger partial charge < -0.3 is 51.1 Å². The van der Waals surface area contributed by atoms with Crippen molar-refractivity contribution in [2.45, 2.75) is 48.8 Å². The fourth-order valence-electron chi connectivity index (χ4n) is 1.51. The number of hydrogen-bond donors (Lipinski definition) is 10. The fraction of sp³-hybridized carbons (Fsp3) is 0.833. The van der Waals surface area contributed by atoms with Gasteiger partial charge in [-0.1, -0.05) is 0 Å². The summed E-state index contributed by atoms with van der Waals surface area (Å²) in [5, 5.41) is 94.9. The van der Waals surface area contributed by atoms with Gasteiger partial charge in [-0.05, 0) is 0 Å². The highest BCUT2D eigenvalue weighted by Crippen LogP contribution is 2.09. The molecule has 160 valence electrons. The van der Waals surface area contributed by atoms with Gasteiger partial charge in [-0.2, -0.15) is 0 Å². The van der Waals surface area contributed by atoms with E-state index in [0.717, 1.165) is 0 Å². The Morgan fingerprint density at radius 1 is 0.593 bits per heavy atom. The molecule has 0 radical (unpaired) electrons. The normalized spacial score (nSPS) is 20.5. The van der Waals surface area contributed by atoms with Crippen molar-refractivity contribution in [1.29, 1.82) is 0 Å². The molecule has 0 aromatic rings. The Morgan fingerprint density at radius 2 is 0.889 bits per heavy atom. The predicted octanol–water partition coefficient (Wildman–Crippen LogP) is -7.21. The highest BCUT2D eigenvalue weighted by molar-refractivity contribution is 5.75. The average Bonchev–Trinajstić information content (AvgIpc) is 2.68. The van der Waals surface area contributed by atoms with Gasteiger partial charge >= 0.3 is 11.9 Å². The van der Waals surface area contributed by atoms with Crippen molar-refractivity contribution in [3.05, 3.63) is 0 Å². The van der Waals surface area contributed by atoms with Gasteiger partial charge in [0.1, 0.15) is 36.6 Å². The molecule has 0 saturated carbocycles. The molecule has 0 saturated heterocycles. The van der Waals surface area contributed by atoms with E-state index in [4.69, 9.17) is 20.4 Å². The predicted molar refractivity (Wildman–Crippen MR) is 75.5 cm³/mol. The molecule has 27 heavy (non-hydrogen) atoms. The molecule has 0 bridgehead atoms. The van der Waals surface area contributed by atoms with Crippen molar-refractivity contribution in [2.75, 3.05) is 13.2 Å². The van der Waals surface area contributed by atoms with Gasteiger partial charge in [-0.3, -0.25) is 9.78 Å². The first-order valence-corrected chi connectivity index (χ1v) is 7.24. The zero-order valence-corrected chi connectivity index (χ0v) is 13.5. The van der Waals surface area contributed by atoms with Crippen LogP contribution >= 0.6 is 0 Å². The Morgan fingerprint density at radius 3 is 1.15 bits per heavy atom. The number of aliphatic hydroxyl groups excluding tert-OH is 10. The van der Waals surface area contributed by atoms with E-state index in [-0.39, 0.29) is 0 Å². The van der Waals surface area contributed by atoms with E-state index in [1.807, 2.05) is 0 Å². The largest absolute Gasteiger partial charge is 0.394 e. The van der Waals surface area contributed by atoms with Crippen LogP contribution in [0, 0.1) is 0 Å². The lowest BCUT2D eigenvalue weighted by molar-refractivity contribution is -0.464. The highest BCUT2D eigenvalue weighted by atomic mass is 17.5. The molecular formula is C12H22O15. The fourth-order valence-corrected chi connectivity index (χ4v) is 1.51. The number of rotatable bonds is 12. The molecule has 15 nitrogen and oxygen atoms in total. The smallest absolute Gasteiger partial charge is 0.377 e. The summed E-state index contributed by atoms with van der Waals surface area (Å²) in [5.74, 6) is -3.66. The molecule has 8 atom stereocenters. The molecule has 0 spiro atoms. The quantitative estimate of drug-likeness (QED) is 0.106. The number of carbonyl (C=O) groups is 2. The van der Waals surface area contributed by atoms with E-state index in [1.165, 1.54) is 0 Å². The van der Waals surface area contributed by atoms with E-state index in [1.54, 1.807) is 0 Å². The third-order valence-electron chi connectivity index (χ3n) is 3.22. The minimum Gasteiger partial charge on any atom is -0.394 e. The van der Waals surface area contributed by atoms with Crippen LogP contribution in [0.25, 0.3) is 0 Å². The number of aliphatic hydroxyl groups is 10. The van der Waals surface area contributed by atoms with Crippen LogP contribution in [0.5, 0.6) is 0 Å². The lowest BCUT2D eigenvalue weighted by atomic mass is 10.0. The van der Waals surface area contributed by atoms with Crippen molar-refractivity contribution in [2.24, 2.45) is 0 Å². The van der Waals surface area contributed by atoms with Crippen molar-refractivity contribution >= 4 is 11.9 Å². The molecule has 0 aromatic carbocycles. The summed E-state index contributed by atoms with van der Waals surface area (Å²) >= 11 is 0. The van der Waals surface area contributed by atoms with Crippen LogP contribution in [0.1, 0.15) is 0 Å². The van der Waals surface area contributed by atoms with Crippen molar-refractivity contribution < 1.29 is 75.5 Å². The molecule has 0 heterocycles. The maximum atomic E-state index is 11.3. The SMILES string of the molecule is O=C(OOOC(=O)[C@H](O)[C@@H](O)[C@H](O)[C@H](O)CO)[C@H](O)[C@@H](O)[C@H](O)[C@H](O)CO. The molecule has 0 unspecified atom stereocenters. The molecule has 0 aliphatic rings. The van der Waals surface area contributed by atoms with Crippen LogP contribution in [-0.4, -0.2) is 125 Å². The number of carbonyl (C=O) groups excluding carboxylic acids is 2. The number of hydrogen-bond acceptors (Lipinski definition) is 15. The molecule has 0 rings (SSSR count). The van der Waals surface area contributed by atoms with Crippen molar-refractivity contribution in [1.82, 2.24) is 0 Å². The minimum atomic E-state index is -2.52. The second kappa shape index (κ2) is 12.1. The molecule has 0 aliphatic heterocycles. The van der Waals surface area contributed by atoms with Crippen LogP contribution in [-0.2, 0) is 24.4 Å². The summed E-state index contributed by atoms with van der Waals surface area (Å²) in [4.78, 5) is 30.1.